The fourth-order valence-electron chi connectivity index (χ4n) is 2.74. The highest BCUT2D eigenvalue weighted by molar-refractivity contribution is 5.36. The number of fused-ring (bicyclic) bond motifs is 1. The summed E-state index contributed by atoms with van der Waals surface area (Å²) in [6.45, 7) is 5.18. The Morgan fingerprint density at radius 3 is 2.71 bits per heavy atom. The van der Waals surface area contributed by atoms with Crippen molar-refractivity contribution < 1.29 is 14.2 Å². The van der Waals surface area contributed by atoms with Gasteiger partial charge in [-0.15, -0.1) is 0 Å². The second kappa shape index (κ2) is 9.40. The summed E-state index contributed by atoms with van der Waals surface area (Å²) in [5.74, 6) is 0.436. The Morgan fingerprint density at radius 1 is 1.21 bits per heavy atom. The molecule has 0 aliphatic carbocycles. The Bertz CT molecular complexity index is 618. The summed E-state index contributed by atoms with van der Waals surface area (Å²) in [4.78, 5) is 0. The molecule has 3 rings (SSSR count). The third-order valence-corrected chi connectivity index (χ3v) is 3.95. The highest BCUT2D eigenvalue weighted by atomic mass is 19.1. The largest absolute Gasteiger partial charge is 0.487 e. The molecule has 2 aromatic rings. The Morgan fingerprint density at radius 2 is 1.96 bits per heavy atom. The lowest BCUT2D eigenvalue weighted by Gasteiger charge is -2.29. The van der Waals surface area contributed by atoms with E-state index in [1.807, 2.05) is 44.2 Å². The summed E-state index contributed by atoms with van der Waals surface area (Å²) < 4.78 is 19.0. The number of ether oxygens (including phenoxy) is 1. The van der Waals surface area contributed by atoms with Gasteiger partial charge in [-0.25, -0.2) is 4.39 Å². The summed E-state index contributed by atoms with van der Waals surface area (Å²) >= 11 is 0. The van der Waals surface area contributed by atoms with Gasteiger partial charge in [0.2, 0.25) is 0 Å². The summed E-state index contributed by atoms with van der Waals surface area (Å²) in [6, 6.07) is 14.6. The molecule has 24 heavy (non-hydrogen) atoms. The molecule has 3 nitrogen and oxygen atoms in total. The van der Waals surface area contributed by atoms with Crippen molar-refractivity contribution in [3.05, 3.63) is 65.5 Å². The monoisotopic (exact) mass is 331 g/mol. The minimum absolute atomic E-state index is 0.245. The van der Waals surface area contributed by atoms with E-state index in [9.17, 15) is 9.50 Å². The van der Waals surface area contributed by atoms with E-state index in [4.69, 9.17) is 4.74 Å². The van der Waals surface area contributed by atoms with Crippen LogP contribution in [-0.4, -0.2) is 23.9 Å². The van der Waals surface area contributed by atoms with Crippen LogP contribution in [0.15, 0.2) is 48.5 Å². The van der Waals surface area contributed by atoms with Crippen LogP contribution in [0.25, 0.3) is 0 Å². The van der Waals surface area contributed by atoms with Crippen LogP contribution in [0.1, 0.15) is 31.4 Å². The first-order valence-corrected chi connectivity index (χ1v) is 8.60. The smallest absolute Gasteiger partial charge is 0.126 e. The summed E-state index contributed by atoms with van der Waals surface area (Å²) in [5.41, 5.74) is 2.06. The van der Waals surface area contributed by atoms with E-state index < -0.39 is 6.10 Å². The molecule has 1 aliphatic rings. The normalized spacial score (nSPS) is 17.1. The Hall–Kier alpha value is -1.91. The minimum Gasteiger partial charge on any atom is -0.487 e. The number of aliphatic hydroxyl groups excluding tert-OH is 1. The molecule has 4 heteroatoms. The molecule has 0 bridgehead atoms. The van der Waals surface area contributed by atoms with Crippen molar-refractivity contribution in [1.82, 2.24) is 5.32 Å². The average Bonchev–Trinajstić information content (AvgIpc) is 2.63. The molecule has 1 heterocycles. The summed E-state index contributed by atoms with van der Waals surface area (Å²) in [6.07, 6.45) is 0.598. The van der Waals surface area contributed by atoms with Gasteiger partial charge in [0.1, 0.15) is 23.8 Å². The third kappa shape index (κ3) is 5.05. The molecule has 0 saturated heterocycles. The predicted octanol–water partition coefficient (Wildman–Crippen LogP) is 3.70. The van der Waals surface area contributed by atoms with Gasteiger partial charge in [-0.2, -0.15) is 0 Å². The number of hydrogen-bond donors (Lipinski definition) is 2. The number of benzene rings is 2. The molecule has 2 unspecified atom stereocenters. The van der Waals surface area contributed by atoms with Crippen LogP contribution >= 0.6 is 0 Å². The van der Waals surface area contributed by atoms with Gasteiger partial charge in [0.15, 0.2) is 0 Å². The van der Waals surface area contributed by atoms with Crippen LogP contribution in [0.4, 0.5) is 4.39 Å². The summed E-state index contributed by atoms with van der Waals surface area (Å²) in [7, 11) is 0. The predicted molar refractivity (Wildman–Crippen MR) is 94.6 cm³/mol. The number of aryl methyl sites for hydroxylation is 1. The van der Waals surface area contributed by atoms with Crippen molar-refractivity contribution in [2.24, 2.45) is 0 Å². The zero-order chi connectivity index (χ0) is 17.4. The second-order valence-electron chi connectivity index (χ2n) is 5.63. The first kappa shape index (κ1) is 18.4. The molecule has 2 N–H and O–H groups in total. The molecular weight excluding hydrogens is 305 g/mol. The fourth-order valence-corrected chi connectivity index (χ4v) is 2.74. The number of aliphatic hydroxyl groups is 1. The maximum atomic E-state index is 13.2. The second-order valence-corrected chi connectivity index (χ2v) is 5.63. The summed E-state index contributed by atoms with van der Waals surface area (Å²) in [5, 5.41) is 13.5. The molecule has 0 radical (unpaired) electrons. The zero-order valence-corrected chi connectivity index (χ0v) is 14.3. The molecule has 2 atom stereocenters. The van der Waals surface area contributed by atoms with Crippen LogP contribution in [0.2, 0.25) is 0 Å². The molecule has 1 aliphatic heterocycles. The standard InChI is InChI=1S/C18H20FNO2.C2H6/c19-15-7-9-17-14(10-15)6-8-18(22-17)16(21)12-20-11-13-4-2-1-3-5-13;1-2/h1-5,7,9-10,16,18,20-21H,6,8,11-12H2;1-2H3. The number of hydrogen-bond acceptors (Lipinski definition) is 3. The van der Waals surface area contributed by atoms with Crippen LogP contribution in [0, 0.1) is 5.82 Å². The zero-order valence-electron chi connectivity index (χ0n) is 14.3. The van der Waals surface area contributed by atoms with Crippen molar-refractivity contribution in [2.75, 3.05) is 6.54 Å². The number of halogens is 1. The van der Waals surface area contributed by atoms with Gasteiger partial charge in [0.05, 0.1) is 0 Å². The van der Waals surface area contributed by atoms with E-state index >= 15 is 0 Å². The van der Waals surface area contributed by atoms with Gasteiger partial charge >= 0.3 is 0 Å². The number of nitrogens with one attached hydrogen (secondary N) is 1. The van der Waals surface area contributed by atoms with Gasteiger partial charge in [0.25, 0.3) is 0 Å². The van der Waals surface area contributed by atoms with Crippen molar-refractivity contribution >= 4 is 0 Å². The Balaban J connectivity index is 0.00000100. The maximum absolute atomic E-state index is 13.2. The van der Waals surface area contributed by atoms with E-state index in [2.05, 4.69) is 5.32 Å². The van der Waals surface area contributed by atoms with Crippen molar-refractivity contribution in [3.63, 3.8) is 0 Å². The third-order valence-electron chi connectivity index (χ3n) is 3.95. The first-order valence-electron chi connectivity index (χ1n) is 8.60. The van der Waals surface area contributed by atoms with Gasteiger partial charge in [-0.05, 0) is 42.2 Å². The van der Waals surface area contributed by atoms with E-state index in [0.717, 1.165) is 12.0 Å². The number of rotatable bonds is 5. The van der Waals surface area contributed by atoms with Gasteiger partial charge in [0, 0.05) is 13.1 Å². The minimum atomic E-state index is -0.582. The Kier molecular flexibility index (Phi) is 7.22. The van der Waals surface area contributed by atoms with Crippen molar-refractivity contribution in [2.45, 2.75) is 45.4 Å². The molecule has 0 amide bonds. The molecular formula is C20H26FNO2. The first-order chi connectivity index (χ1) is 11.7. The molecule has 0 aromatic heterocycles. The SMILES string of the molecule is CC.OC(CNCc1ccccc1)C1CCc2cc(F)ccc2O1. The molecule has 0 fully saturated rings. The van der Waals surface area contributed by atoms with E-state index in [1.165, 1.54) is 17.7 Å². The van der Waals surface area contributed by atoms with Crippen LogP contribution in [-0.2, 0) is 13.0 Å². The fraction of sp³-hybridized carbons (Fsp3) is 0.400. The van der Waals surface area contributed by atoms with Crippen LogP contribution in [0.3, 0.4) is 0 Å². The topological polar surface area (TPSA) is 41.5 Å². The van der Waals surface area contributed by atoms with E-state index in [-0.39, 0.29) is 11.9 Å². The van der Waals surface area contributed by atoms with Gasteiger partial charge in [-0.3, -0.25) is 0 Å². The van der Waals surface area contributed by atoms with Crippen LogP contribution in [0.5, 0.6) is 5.75 Å². The lowest BCUT2D eigenvalue weighted by Crippen LogP contribution is -2.41. The highest BCUT2D eigenvalue weighted by Crippen LogP contribution is 2.29. The quantitative estimate of drug-likeness (QED) is 0.878. The van der Waals surface area contributed by atoms with Crippen LogP contribution < -0.4 is 10.1 Å². The molecule has 130 valence electrons. The highest BCUT2D eigenvalue weighted by Gasteiger charge is 2.26. The van der Waals surface area contributed by atoms with E-state index in [0.29, 0.717) is 25.3 Å². The van der Waals surface area contributed by atoms with Crippen molar-refractivity contribution in [3.8, 4) is 5.75 Å². The van der Waals surface area contributed by atoms with Gasteiger partial charge < -0.3 is 15.2 Å². The Labute approximate surface area is 143 Å². The van der Waals surface area contributed by atoms with E-state index in [1.54, 1.807) is 6.07 Å². The average molecular weight is 331 g/mol. The lowest BCUT2D eigenvalue weighted by molar-refractivity contribution is 0.0243. The maximum Gasteiger partial charge on any atom is 0.126 e. The van der Waals surface area contributed by atoms with Gasteiger partial charge in [-0.1, -0.05) is 44.2 Å². The molecule has 0 spiro atoms. The van der Waals surface area contributed by atoms with Crippen molar-refractivity contribution in [1.29, 1.82) is 0 Å². The lowest BCUT2D eigenvalue weighted by atomic mass is 9.99. The molecule has 2 aromatic carbocycles. The molecule has 0 saturated carbocycles.